The highest BCUT2D eigenvalue weighted by molar-refractivity contribution is 6.05. The standard InChI is InChI=1S/C25H23N5O3/c1-15-26-23-21(25(31)29(15)14-18-6-5-13-33-18)22-24(28-20-8-4-3-7-19(20)27-22)30(23)16-9-11-17(32-2)12-10-16/h3-4,7-12,18H,5-6,13-14H2,1-2H3. The molecule has 0 bridgehead atoms. The Bertz CT molecular complexity index is 1560. The van der Waals surface area contributed by atoms with Gasteiger partial charge in [-0.25, -0.2) is 15.0 Å². The third kappa shape index (κ3) is 3.17. The molecule has 166 valence electrons. The molecule has 8 heteroatoms. The van der Waals surface area contributed by atoms with Crippen molar-refractivity contribution in [3.8, 4) is 11.4 Å². The Kier molecular flexibility index (Phi) is 4.62. The van der Waals surface area contributed by atoms with Gasteiger partial charge in [0, 0.05) is 12.3 Å². The van der Waals surface area contributed by atoms with Crippen molar-refractivity contribution in [2.24, 2.45) is 0 Å². The monoisotopic (exact) mass is 441 g/mol. The van der Waals surface area contributed by atoms with E-state index < -0.39 is 0 Å². The molecule has 2 aromatic carbocycles. The maximum absolute atomic E-state index is 13.8. The molecule has 0 saturated carbocycles. The molecule has 0 N–H and O–H groups in total. The van der Waals surface area contributed by atoms with Crippen LogP contribution in [0.1, 0.15) is 18.7 Å². The van der Waals surface area contributed by atoms with E-state index >= 15 is 0 Å². The number of benzene rings is 2. The lowest BCUT2D eigenvalue weighted by molar-refractivity contribution is 0.0955. The van der Waals surface area contributed by atoms with Crippen LogP contribution in [0.4, 0.5) is 0 Å². The van der Waals surface area contributed by atoms with Crippen molar-refractivity contribution in [3.05, 3.63) is 64.7 Å². The van der Waals surface area contributed by atoms with Gasteiger partial charge in [-0.05, 0) is 56.2 Å². The molecule has 3 aromatic heterocycles. The summed E-state index contributed by atoms with van der Waals surface area (Å²) < 4.78 is 14.7. The normalized spacial score (nSPS) is 16.2. The number of fused-ring (bicyclic) bond motifs is 4. The molecule has 1 atom stereocenters. The van der Waals surface area contributed by atoms with Gasteiger partial charge in [0.15, 0.2) is 11.3 Å². The average molecular weight is 441 g/mol. The first-order valence-corrected chi connectivity index (χ1v) is 11.1. The fraction of sp³-hybridized carbons (Fsp3) is 0.280. The third-order valence-electron chi connectivity index (χ3n) is 6.29. The van der Waals surface area contributed by atoms with Crippen LogP contribution in [0.3, 0.4) is 0 Å². The second-order valence-corrected chi connectivity index (χ2v) is 8.33. The minimum absolute atomic E-state index is 0.0301. The molecule has 1 fully saturated rings. The molecule has 8 nitrogen and oxygen atoms in total. The Labute approximate surface area is 189 Å². The van der Waals surface area contributed by atoms with Crippen LogP contribution in [0.25, 0.3) is 38.9 Å². The first-order valence-electron chi connectivity index (χ1n) is 11.1. The number of methoxy groups -OCH3 is 1. The molecule has 0 amide bonds. The van der Waals surface area contributed by atoms with E-state index in [4.69, 9.17) is 24.4 Å². The van der Waals surface area contributed by atoms with Gasteiger partial charge in [-0.2, -0.15) is 0 Å². The fourth-order valence-corrected chi connectivity index (χ4v) is 4.61. The van der Waals surface area contributed by atoms with Gasteiger partial charge in [-0.3, -0.25) is 13.9 Å². The number of rotatable bonds is 4. The Balaban J connectivity index is 1.69. The highest BCUT2D eigenvalue weighted by Crippen LogP contribution is 2.29. The van der Waals surface area contributed by atoms with Crippen molar-refractivity contribution in [1.82, 2.24) is 24.1 Å². The fourth-order valence-electron chi connectivity index (χ4n) is 4.61. The quantitative estimate of drug-likeness (QED) is 0.422. The molecule has 4 heterocycles. The van der Waals surface area contributed by atoms with Crippen LogP contribution in [-0.2, 0) is 11.3 Å². The minimum atomic E-state index is -0.116. The molecule has 1 aliphatic heterocycles. The average Bonchev–Trinajstić information content (AvgIpc) is 3.46. The molecule has 0 radical (unpaired) electrons. The van der Waals surface area contributed by atoms with Gasteiger partial charge in [-0.1, -0.05) is 12.1 Å². The zero-order chi connectivity index (χ0) is 22.5. The number of para-hydroxylation sites is 2. The highest BCUT2D eigenvalue weighted by Gasteiger charge is 2.24. The van der Waals surface area contributed by atoms with Gasteiger partial charge in [0.1, 0.15) is 22.5 Å². The van der Waals surface area contributed by atoms with Gasteiger partial charge in [0.05, 0.1) is 30.8 Å². The third-order valence-corrected chi connectivity index (χ3v) is 6.29. The van der Waals surface area contributed by atoms with Crippen LogP contribution in [-0.4, -0.2) is 43.9 Å². The summed E-state index contributed by atoms with van der Waals surface area (Å²) in [6.45, 7) is 3.09. The molecule has 0 spiro atoms. The van der Waals surface area contributed by atoms with E-state index in [2.05, 4.69) is 0 Å². The van der Waals surface area contributed by atoms with E-state index in [1.54, 1.807) is 11.7 Å². The summed E-state index contributed by atoms with van der Waals surface area (Å²) >= 11 is 0. The summed E-state index contributed by atoms with van der Waals surface area (Å²) in [4.78, 5) is 28.4. The van der Waals surface area contributed by atoms with E-state index in [9.17, 15) is 4.79 Å². The summed E-state index contributed by atoms with van der Waals surface area (Å²) in [5.74, 6) is 1.39. The lowest BCUT2D eigenvalue weighted by atomic mass is 10.2. The summed E-state index contributed by atoms with van der Waals surface area (Å²) in [6.07, 6.45) is 1.99. The highest BCUT2D eigenvalue weighted by atomic mass is 16.5. The number of hydrogen-bond acceptors (Lipinski definition) is 6. The zero-order valence-corrected chi connectivity index (χ0v) is 18.5. The van der Waals surface area contributed by atoms with Gasteiger partial charge in [0.2, 0.25) is 0 Å². The van der Waals surface area contributed by atoms with Gasteiger partial charge < -0.3 is 9.47 Å². The lowest BCUT2D eigenvalue weighted by Gasteiger charge is -2.14. The number of ether oxygens (including phenoxy) is 2. The Morgan fingerprint density at radius 1 is 1.03 bits per heavy atom. The van der Waals surface area contributed by atoms with E-state index in [-0.39, 0.29) is 11.7 Å². The number of nitrogens with zero attached hydrogens (tertiary/aromatic N) is 5. The molecular weight excluding hydrogens is 418 g/mol. The molecule has 1 saturated heterocycles. The molecule has 6 rings (SSSR count). The second kappa shape index (κ2) is 7.67. The van der Waals surface area contributed by atoms with E-state index in [1.165, 1.54) is 0 Å². The first-order chi connectivity index (χ1) is 16.1. The number of aryl methyl sites for hydroxylation is 1. The Morgan fingerprint density at radius 3 is 2.48 bits per heavy atom. The van der Waals surface area contributed by atoms with Crippen molar-refractivity contribution in [1.29, 1.82) is 0 Å². The van der Waals surface area contributed by atoms with Crippen molar-refractivity contribution >= 4 is 33.2 Å². The van der Waals surface area contributed by atoms with E-state index in [0.29, 0.717) is 34.6 Å². The smallest absolute Gasteiger partial charge is 0.265 e. The van der Waals surface area contributed by atoms with Crippen LogP contribution < -0.4 is 10.3 Å². The van der Waals surface area contributed by atoms with Crippen molar-refractivity contribution in [2.45, 2.75) is 32.4 Å². The predicted molar refractivity (Wildman–Crippen MR) is 126 cm³/mol. The minimum Gasteiger partial charge on any atom is -0.497 e. The topological polar surface area (TPSA) is 84.1 Å². The molecule has 1 unspecified atom stereocenters. The largest absolute Gasteiger partial charge is 0.497 e. The summed E-state index contributed by atoms with van der Waals surface area (Å²) in [6, 6.07) is 15.3. The summed E-state index contributed by atoms with van der Waals surface area (Å²) in [7, 11) is 1.63. The van der Waals surface area contributed by atoms with Gasteiger partial charge in [-0.15, -0.1) is 0 Å². The van der Waals surface area contributed by atoms with Gasteiger partial charge in [0.25, 0.3) is 5.56 Å². The number of hydrogen-bond donors (Lipinski definition) is 0. The number of aromatic nitrogens is 5. The Hall–Kier alpha value is -3.78. The molecular formula is C25H23N5O3. The predicted octanol–water partition coefficient (Wildman–Crippen LogP) is 3.78. The van der Waals surface area contributed by atoms with Crippen LogP contribution >= 0.6 is 0 Å². The lowest BCUT2D eigenvalue weighted by Crippen LogP contribution is -2.29. The van der Waals surface area contributed by atoms with Crippen molar-refractivity contribution in [2.75, 3.05) is 13.7 Å². The first kappa shape index (κ1) is 19.9. The summed E-state index contributed by atoms with van der Waals surface area (Å²) in [5, 5.41) is 0.475. The zero-order valence-electron chi connectivity index (χ0n) is 18.5. The van der Waals surface area contributed by atoms with Crippen molar-refractivity contribution in [3.63, 3.8) is 0 Å². The SMILES string of the molecule is COc1ccc(-n2c3nc4ccccc4nc3c3c(=O)n(CC4CCCO4)c(C)nc32)cc1. The van der Waals surface area contributed by atoms with Crippen molar-refractivity contribution < 1.29 is 9.47 Å². The van der Waals surface area contributed by atoms with Crippen LogP contribution in [0.2, 0.25) is 0 Å². The van der Waals surface area contributed by atoms with Crippen LogP contribution in [0.5, 0.6) is 5.75 Å². The van der Waals surface area contributed by atoms with E-state index in [0.717, 1.165) is 41.9 Å². The van der Waals surface area contributed by atoms with Crippen LogP contribution in [0, 0.1) is 6.92 Å². The maximum atomic E-state index is 13.8. The summed E-state index contributed by atoms with van der Waals surface area (Å²) in [5.41, 5.74) is 3.93. The molecule has 0 aliphatic carbocycles. The molecule has 33 heavy (non-hydrogen) atoms. The van der Waals surface area contributed by atoms with Gasteiger partial charge >= 0.3 is 0 Å². The van der Waals surface area contributed by atoms with Crippen LogP contribution in [0.15, 0.2) is 53.3 Å². The second-order valence-electron chi connectivity index (χ2n) is 8.33. The molecule has 1 aliphatic rings. The van der Waals surface area contributed by atoms with E-state index in [1.807, 2.05) is 60.0 Å². The Morgan fingerprint density at radius 2 is 1.79 bits per heavy atom. The maximum Gasteiger partial charge on any atom is 0.265 e. The molecule has 5 aromatic rings.